The number of hydrogen-bond donors (Lipinski definition) is 1. The molecule has 0 saturated heterocycles. The van der Waals surface area contributed by atoms with Gasteiger partial charge in [-0.2, -0.15) is 0 Å². The molecule has 1 nitrogen and oxygen atoms in total. The van der Waals surface area contributed by atoms with Crippen LogP contribution in [0.2, 0.25) is 0 Å². The Kier molecular flexibility index (Phi) is 5.58. The number of rotatable bonds is 7. The highest BCUT2D eigenvalue weighted by molar-refractivity contribution is 7.99. The van der Waals surface area contributed by atoms with Crippen LogP contribution in [0, 0.1) is 0 Å². The summed E-state index contributed by atoms with van der Waals surface area (Å²) in [4.78, 5) is 1.49. The van der Waals surface area contributed by atoms with Crippen LogP contribution in [0.1, 0.15) is 51.0 Å². The predicted octanol–water partition coefficient (Wildman–Crippen LogP) is 4.43. The molecule has 0 fully saturated rings. The van der Waals surface area contributed by atoms with E-state index in [1.807, 2.05) is 11.8 Å². The number of unbranched alkanes of at least 4 members (excludes halogenated alkanes) is 2. The molecule has 1 aliphatic rings. The molecule has 0 amide bonds. The largest absolute Gasteiger partial charge is 0.314 e. The second-order valence-electron chi connectivity index (χ2n) is 5.35. The maximum absolute atomic E-state index is 3.71. The van der Waals surface area contributed by atoms with Gasteiger partial charge in [-0.1, -0.05) is 44.4 Å². The topological polar surface area (TPSA) is 12.0 Å². The highest BCUT2D eigenvalue weighted by Gasteiger charge is 2.22. The summed E-state index contributed by atoms with van der Waals surface area (Å²) in [5, 5.41) is 3.71. The van der Waals surface area contributed by atoms with Crippen molar-refractivity contribution in [3.8, 4) is 0 Å². The van der Waals surface area contributed by atoms with Crippen LogP contribution in [0.15, 0.2) is 29.2 Å². The van der Waals surface area contributed by atoms with Crippen molar-refractivity contribution < 1.29 is 0 Å². The number of benzene rings is 1. The fourth-order valence-corrected chi connectivity index (χ4v) is 3.80. The van der Waals surface area contributed by atoms with Gasteiger partial charge < -0.3 is 5.32 Å². The van der Waals surface area contributed by atoms with E-state index in [2.05, 4.69) is 43.4 Å². The minimum Gasteiger partial charge on any atom is -0.314 e. The molecule has 2 rings (SSSR count). The maximum Gasteiger partial charge on any atom is 0.0108 e. The lowest BCUT2D eigenvalue weighted by Crippen LogP contribution is -2.30. The third-order valence-corrected chi connectivity index (χ3v) is 5.00. The zero-order chi connectivity index (χ0) is 12.8. The number of hydrogen-bond acceptors (Lipinski definition) is 2. The molecule has 1 aromatic carbocycles. The van der Waals surface area contributed by atoms with Gasteiger partial charge in [-0.3, -0.25) is 0 Å². The Balaban J connectivity index is 1.75. The third-order valence-electron chi connectivity index (χ3n) is 3.75. The van der Waals surface area contributed by atoms with Gasteiger partial charge in [0.1, 0.15) is 0 Å². The molecular weight excluding hydrogens is 238 g/mol. The van der Waals surface area contributed by atoms with Gasteiger partial charge in [-0.05, 0) is 25.0 Å². The van der Waals surface area contributed by atoms with Crippen molar-refractivity contribution in [3.63, 3.8) is 0 Å². The van der Waals surface area contributed by atoms with Crippen LogP contribution < -0.4 is 5.32 Å². The van der Waals surface area contributed by atoms with Crippen molar-refractivity contribution >= 4 is 11.8 Å². The second kappa shape index (κ2) is 7.20. The van der Waals surface area contributed by atoms with Crippen molar-refractivity contribution in [2.75, 3.05) is 12.3 Å². The van der Waals surface area contributed by atoms with Crippen LogP contribution >= 0.6 is 11.8 Å². The van der Waals surface area contributed by atoms with Crippen LogP contribution in [-0.4, -0.2) is 18.3 Å². The summed E-state index contributed by atoms with van der Waals surface area (Å²) in [6.45, 7) is 5.73. The summed E-state index contributed by atoms with van der Waals surface area (Å²) in [5.74, 6) is 1.95. The van der Waals surface area contributed by atoms with Crippen LogP contribution in [0.25, 0.3) is 0 Å². The van der Waals surface area contributed by atoms with Crippen LogP contribution in [-0.2, 0) is 0 Å². The van der Waals surface area contributed by atoms with E-state index in [-0.39, 0.29) is 0 Å². The molecule has 0 aliphatic carbocycles. The van der Waals surface area contributed by atoms with E-state index in [9.17, 15) is 0 Å². The molecule has 1 N–H and O–H groups in total. The average molecular weight is 263 g/mol. The molecule has 1 aliphatic heterocycles. The van der Waals surface area contributed by atoms with Crippen molar-refractivity contribution in [1.29, 1.82) is 0 Å². The lowest BCUT2D eigenvalue weighted by molar-refractivity contribution is 0.473. The molecule has 18 heavy (non-hydrogen) atoms. The minimum atomic E-state index is 0.661. The fourth-order valence-electron chi connectivity index (χ4n) is 2.54. The van der Waals surface area contributed by atoms with E-state index < -0.39 is 0 Å². The summed E-state index contributed by atoms with van der Waals surface area (Å²) >= 11 is 2.01. The molecule has 0 saturated carbocycles. The molecule has 0 bridgehead atoms. The van der Waals surface area contributed by atoms with Crippen molar-refractivity contribution in [3.05, 3.63) is 29.8 Å². The summed E-state index contributed by atoms with van der Waals surface area (Å²) in [6, 6.07) is 9.53. The first kappa shape index (κ1) is 14.0. The number of fused-ring (bicyclic) bond motifs is 1. The van der Waals surface area contributed by atoms with E-state index >= 15 is 0 Å². The van der Waals surface area contributed by atoms with Gasteiger partial charge in [0.15, 0.2) is 0 Å². The zero-order valence-corrected chi connectivity index (χ0v) is 12.4. The molecule has 0 aromatic heterocycles. The Hall–Kier alpha value is -0.470. The predicted molar refractivity (Wildman–Crippen MR) is 81.5 cm³/mol. The Morgan fingerprint density at radius 2 is 2.17 bits per heavy atom. The quantitative estimate of drug-likeness (QED) is 0.730. The Morgan fingerprint density at radius 3 is 3.00 bits per heavy atom. The highest BCUT2D eigenvalue weighted by Crippen LogP contribution is 2.38. The van der Waals surface area contributed by atoms with Crippen molar-refractivity contribution in [2.24, 2.45) is 0 Å². The first-order valence-electron chi connectivity index (χ1n) is 7.26. The van der Waals surface area contributed by atoms with Gasteiger partial charge in [0.2, 0.25) is 0 Å². The molecule has 2 unspecified atom stereocenters. The van der Waals surface area contributed by atoms with E-state index in [1.54, 1.807) is 5.56 Å². The SMILES string of the molecule is CCCCCC(C)NCC1CSc2ccccc21. The summed E-state index contributed by atoms with van der Waals surface area (Å²) in [5.41, 5.74) is 1.55. The Bertz CT molecular complexity index is 364. The number of nitrogens with one attached hydrogen (secondary N) is 1. The van der Waals surface area contributed by atoms with Gasteiger partial charge in [-0.15, -0.1) is 11.8 Å². The Morgan fingerprint density at radius 1 is 1.33 bits per heavy atom. The van der Waals surface area contributed by atoms with Gasteiger partial charge in [-0.25, -0.2) is 0 Å². The Labute approximate surface area is 116 Å². The van der Waals surface area contributed by atoms with Gasteiger partial charge in [0, 0.05) is 29.2 Å². The van der Waals surface area contributed by atoms with Crippen LogP contribution in [0.5, 0.6) is 0 Å². The first-order chi connectivity index (χ1) is 8.81. The normalized spacial score (nSPS) is 19.8. The highest BCUT2D eigenvalue weighted by atomic mass is 32.2. The summed E-state index contributed by atoms with van der Waals surface area (Å²) in [6.07, 6.45) is 5.36. The van der Waals surface area contributed by atoms with E-state index in [0.717, 1.165) is 6.54 Å². The molecule has 0 radical (unpaired) electrons. The van der Waals surface area contributed by atoms with E-state index in [4.69, 9.17) is 0 Å². The summed E-state index contributed by atoms with van der Waals surface area (Å²) in [7, 11) is 0. The second-order valence-corrected chi connectivity index (χ2v) is 6.41. The fraction of sp³-hybridized carbons (Fsp3) is 0.625. The average Bonchev–Trinajstić information content (AvgIpc) is 2.80. The van der Waals surface area contributed by atoms with Gasteiger partial charge >= 0.3 is 0 Å². The molecule has 2 atom stereocenters. The van der Waals surface area contributed by atoms with Gasteiger partial charge in [0.25, 0.3) is 0 Å². The first-order valence-corrected chi connectivity index (χ1v) is 8.25. The van der Waals surface area contributed by atoms with Crippen LogP contribution in [0.4, 0.5) is 0 Å². The maximum atomic E-state index is 3.71. The third kappa shape index (κ3) is 3.76. The smallest absolute Gasteiger partial charge is 0.0108 e. The molecule has 2 heteroatoms. The minimum absolute atomic E-state index is 0.661. The molecule has 0 spiro atoms. The lowest BCUT2D eigenvalue weighted by atomic mass is 10.0. The van der Waals surface area contributed by atoms with E-state index in [0.29, 0.717) is 12.0 Å². The summed E-state index contributed by atoms with van der Waals surface area (Å²) < 4.78 is 0. The lowest BCUT2D eigenvalue weighted by Gasteiger charge is -2.17. The van der Waals surface area contributed by atoms with Crippen LogP contribution in [0.3, 0.4) is 0 Å². The number of thioether (sulfide) groups is 1. The van der Waals surface area contributed by atoms with Gasteiger partial charge in [0.05, 0.1) is 0 Å². The van der Waals surface area contributed by atoms with E-state index in [1.165, 1.54) is 36.3 Å². The standard InChI is InChI=1S/C16H25NS/c1-3-4-5-8-13(2)17-11-14-12-18-16-10-7-6-9-15(14)16/h6-7,9-10,13-14,17H,3-5,8,11-12H2,1-2H3. The molecule has 1 aromatic rings. The van der Waals surface area contributed by atoms with Crippen molar-refractivity contribution in [1.82, 2.24) is 5.32 Å². The van der Waals surface area contributed by atoms with Crippen molar-refractivity contribution in [2.45, 2.75) is 56.4 Å². The molecule has 100 valence electrons. The zero-order valence-electron chi connectivity index (χ0n) is 11.6. The monoisotopic (exact) mass is 263 g/mol. The molecular formula is C16H25NS. The molecule has 1 heterocycles.